The highest BCUT2D eigenvalue weighted by atomic mass is 16.2. The molecule has 2 amide bonds. The summed E-state index contributed by atoms with van der Waals surface area (Å²) in [6, 6.07) is 10.5. The molecular formula is C20H30N3O2+. The van der Waals surface area contributed by atoms with Gasteiger partial charge in [-0.15, -0.1) is 0 Å². The van der Waals surface area contributed by atoms with Gasteiger partial charge in [0.25, 0.3) is 0 Å². The second-order valence-corrected chi connectivity index (χ2v) is 8.31. The first-order chi connectivity index (χ1) is 11.8. The molecule has 2 aliphatic heterocycles. The zero-order chi connectivity index (χ0) is 18.0. The SMILES string of the molecule is CC(C)(C)N1C[C@@H](C(=O)N2CC[NH+](Cc3ccccc3)CC2)CC1=O. The largest absolute Gasteiger partial charge is 0.337 e. The maximum atomic E-state index is 12.8. The third-order valence-corrected chi connectivity index (χ3v) is 5.36. The number of hydrogen-bond donors (Lipinski definition) is 1. The predicted octanol–water partition coefficient (Wildman–Crippen LogP) is 0.561. The fraction of sp³-hybridized carbons (Fsp3) is 0.600. The second-order valence-electron chi connectivity index (χ2n) is 8.31. The quantitative estimate of drug-likeness (QED) is 0.871. The van der Waals surface area contributed by atoms with Crippen molar-refractivity contribution in [3.8, 4) is 0 Å². The highest BCUT2D eigenvalue weighted by Gasteiger charge is 2.41. The van der Waals surface area contributed by atoms with Gasteiger partial charge in [0.2, 0.25) is 11.8 Å². The molecule has 5 nitrogen and oxygen atoms in total. The summed E-state index contributed by atoms with van der Waals surface area (Å²) < 4.78 is 0. The number of rotatable bonds is 3. The number of hydrogen-bond acceptors (Lipinski definition) is 2. The summed E-state index contributed by atoms with van der Waals surface area (Å²) in [5, 5.41) is 0. The van der Waals surface area contributed by atoms with Crippen LogP contribution in [0.15, 0.2) is 30.3 Å². The zero-order valence-corrected chi connectivity index (χ0v) is 15.6. The molecule has 1 atom stereocenters. The van der Waals surface area contributed by atoms with Crippen molar-refractivity contribution in [2.45, 2.75) is 39.3 Å². The average Bonchev–Trinajstić information content (AvgIpc) is 2.98. The van der Waals surface area contributed by atoms with E-state index in [2.05, 4.69) is 24.3 Å². The summed E-state index contributed by atoms with van der Waals surface area (Å²) >= 11 is 0. The van der Waals surface area contributed by atoms with E-state index in [0.29, 0.717) is 13.0 Å². The van der Waals surface area contributed by atoms with Gasteiger partial charge < -0.3 is 14.7 Å². The molecule has 1 aromatic carbocycles. The Balaban J connectivity index is 1.51. The Bertz CT molecular complexity index is 616. The molecule has 2 aliphatic rings. The van der Waals surface area contributed by atoms with E-state index in [4.69, 9.17) is 0 Å². The van der Waals surface area contributed by atoms with Crippen LogP contribution in [0.3, 0.4) is 0 Å². The predicted molar refractivity (Wildman–Crippen MR) is 97.0 cm³/mol. The maximum Gasteiger partial charge on any atom is 0.228 e. The Morgan fingerprint density at radius 1 is 1.16 bits per heavy atom. The fourth-order valence-electron chi connectivity index (χ4n) is 3.88. The van der Waals surface area contributed by atoms with Crippen LogP contribution in [0, 0.1) is 5.92 Å². The van der Waals surface area contributed by atoms with E-state index in [1.165, 1.54) is 10.5 Å². The van der Waals surface area contributed by atoms with Crippen LogP contribution in [0.5, 0.6) is 0 Å². The summed E-state index contributed by atoms with van der Waals surface area (Å²) in [6.07, 6.45) is 0.368. The lowest BCUT2D eigenvalue weighted by molar-refractivity contribution is -0.917. The highest BCUT2D eigenvalue weighted by molar-refractivity contribution is 5.89. The Morgan fingerprint density at radius 2 is 1.80 bits per heavy atom. The second kappa shape index (κ2) is 7.16. The molecule has 0 unspecified atom stereocenters. The van der Waals surface area contributed by atoms with Crippen LogP contribution >= 0.6 is 0 Å². The van der Waals surface area contributed by atoms with Gasteiger partial charge in [-0.3, -0.25) is 9.59 Å². The lowest BCUT2D eigenvalue weighted by Crippen LogP contribution is -3.13. The minimum absolute atomic E-state index is 0.110. The lowest BCUT2D eigenvalue weighted by atomic mass is 10.1. The van der Waals surface area contributed by atoms with E-state index < -0.39 is 0 Å². The van der Waals surface area contributed by atoms with Crippen molar-refractivity contribution < 1.29 is 14.5 Å². The minimum Gasteiger partial charge on any atom is -0.337 e. The van der Waals surface area contributed by atoms with Crippen molar-refractivity contribution in [2.75, 3.05) is 32.7 Å². The molecule has 2 fully saturated rings. The lowest BCUT2D eigenvalue weighted by Gasteiger charge is -2.34. The van der Waals surface area contributed by atoms with Gasteiger partial charge in [-0.2, -0.15) is 0 Å². The van der Waals surface area contributed by atoms with Crippen LogP contribution in [0.25, 0.3) is 0 Å². The van der Waals surface area contributed by atoms with Crippen molar-refractivity contribution in [3.05, 3.63) is 35.9 Å². The molecule has 0 saturated carbocycles. The minimum atomic E-state index is -0.204. The summed E-state index contributed by atoms with van der Waals surface area (Å²) in [5.74, 6) is 0.112. The Kier molecular flexibility index (Phi) is 5.13. The van der Waals surface area contributed by atoms with Crippen molar-refractivity contribution >= 4 is 11.8 Å². The van der Waals surface area contributed by atoms with E-state index in [0.717, 1.165) is 32.7 Å². The van der Waals surface area contributed by atoms with Crippen LogP contribution in [0.1, 0.15) is 32.8 Å². The topological polar surface area (TPSA) is 45.1 Å². The van der Waals surface area contributed by atoms with E-state index in [9.17, 15) is 9.59 Å². The van der Waals surface area contributed by atoms with Gasteiger partial charge in [-0.25, -0.2) is 0 Å². The van der Waals surface area contributed by atoms with Crippen LogP contribution in [0.4, 0.5) is 0 Å². The van der Waals surface area contributed by atoms with Gasteiger partial charge in [-0.05, 0) is 20.8 Å². The highest BCUT2D eigenvalue weighted by Crippen LogP contribution is 2.27. The smallest absolute Gasteiger partial charge is 0.228 e. The molecule has 0 aromatic heterocycles. The molecule has 136 valence electrons. The zero-order valence-electron chi connectivity index (χ0n) is 15.6. The first-order valence-electron chi connectivity index (χ1n) is 9.31. The number of amides is 2. The summed E-state index contributed by atoms with van der Waals surface area (Å²) in [7, 11) is 0. The number of quaternary nitrogens is 1. The Labute approximate surface area is 150 Å². The molecule has 0 spiro atoms. The molecule has 1 N–H and O–H groups in total. The van der Waals surface area contributed by atoms with Gasteiger partial charge in [0.1, 0.15) is 6.54 Å². The molecule has 25 heavy (non-hydrogen) atoms. The van der Waals surface area contributed by atoms with Crippen molar-refractivity contribution in [1.29, 1.82) is 0 Å². The van der Waals surface area contributed by atoms with Crippen molar-refractivity contribution in [1.82, 2.24) is 9.80 Å². The van der Waals surface area contributed by atoms with E-state index in [1.807, 2.05) is 36.6 Å². The maximum absolute atomic E-state index is 12.8. The third kappa shape index (κ3) is 4.21. The molecule has 0 radical (unpaired) electrons. The molecule has 5 heteroatoms. The number of nitrogens with zero attached hydrogens (tertiary/aromatic N) is 2. The molecule has 1 aromatic rings. The first-order valence-corrected chi connectivity index (χ1v) is 9.31. The number of carbonyl (C=O) groups excluding carboxylic acids is 2. The van der Waals surface area contributed by atoms with E-state index in [-0.39, 0.29) is 23.3 Å². The number of likely N-dealkylation sites (tertiary alicyclic amines) is 1. The van der Waals surface area contributed by atoms with Crippen LogP contribution < -0.4 is 4.90 Å². The standard InChI is InChI=1S/C20H29N3O2/c1-20(2,3)23-15-17(13-18(23)24)19(25)22-11-9-21(10-12-22)14-16-7-5-4-6-8-16/h4-8,17H,9-15H2,1-3H3/p+1/t17-/m0/s1. The average molecular weight is 344 g/mol. The fourth-order valence-corrected chi connectivity index (χ4v) is 3.88. The molecule has 3 rings (SSSR count). The number of benzene rings is 1. The monoisotopic (exact) mass is 344 g/mol. The van der Waals surface area contributed by atoms with Crippen LogP contribution in [-0.2, 0) is 16.1 Å². The van der Waals surface area contributed by atoms with Gasteiger partial charge in [0.15, 0.2) is 0 Å². The third-order valence-electron chi connectivity index (χ3n) is 5.36. The van der Waals surface area contributed by atoms with Crippen LogP contribution in [0.2, 0.25) is 0 Å². The molecule has 2 saturated heterocycles. The molecule has 2 heterocycles. The van der Waals surface area contributed by atoms with E-state index >= 15 is 0 Å². The summed E-state index contributed by atoms with van der Waals surface area (Å²) in [4.78, 5) is 30.4. The number of nitrogens with one attached hydrogen (secondary N) is 1. The van der Waals surface area contributed by atoms with Crippen molar-refractivity contribution in [2.24, 2.45) is 5.92 Å². The first kappa shape index (κ1) is 17.9. The summed E-state index contributed by atoms with van der Waals surface area (Å²) in [5.41, 5.74) is 1.14. The normalized spacial score (nSPS) is 22.5. The van der Waals surface area contributed by atoms with Gasteiger partial charge in [0.05, 0.1) is 32.1 Å². The van der Waals surface area contributed by atoms with Gasteiger partial charge in [0, 0.05) is 24.1 Å². The molecule has 0 aliphatic carbocycles. The number of carbonyl (C=O) groups is 2. The number of piperazine rings is 1. The van der Waals surface area contributed by atoms with Crippen LogP contribution in [-0.4, -0.2) is 59.9 Å². The van der Waals surface area contributed by atoms with Crippen molar-refractivity contribution in [3.63, 3.8) is 0 Å². The Morgan fingerprint density at radius 3 is 2.36 bits per heavy atom. The Hall–Kier alpha value is -1.88. The van der Waals surface area contributed by atoms with E-state index in [1.54, 1.807) is 0 Å². The summed E-state index contributed by atoms with van der Waals surface area (Å²) in [6.45, 7) is 11.2. The molecule has 0 bridgehead atoms. The molecular weight excluding hydrogens is 314 g/mol. The van der Waals surface area contributed by atoms with Gasteiger partial charge in [-0.1, -0.05) is 30.3 Å². The van der Waals surface area contributed by atoms with Gasteiger partial charge >= 0.3 is 0 Å².